The minimum Gasteiger partial charge on any atom is -0.351 e. The Labute approximate surface area is 185 Å². The molecule has 2 atom stereocenters. The lowest BCUT2D eigenvalue weighted by Crippen LogP contribution is -2.29. The lowest BCUT2D eigenvalue weighted by Gasteiger charge is -2.28. The van der Waals surface area contributed by atoms with E-state index in [0.717, 1.165) is 22.2 Å². The van der Waals surface area contributed by atoms with Crippen LogP contribution in [-0.2, 0) is 0 Å². The van der Waals surface area contributed by atoms with Crippen LogP contribution in [0.1, 0.15) is 34.7 Å². The Morgan fingerprint density at radius 3 is 2.50 bits per heavy atom. The van der Waals surface area contributed by atoms with Gasteiger partial charge in [-0.1, -0.05) is 24.3 Å². The van der Waals surface area contributed by atoms with Gasteiger partial charge in [-0.05, 0) is 62.0 Å². The van der Waals surface area contributed by atoms with Gasteiger partial charge in [0.15, 0.2) is 10.2 Å². The van der Waals surface area contributed by atoms with Gasteiger partial charge in [0.1, 0.15) is 0 Å². The van der Waals surface area contributed by atoms with Gasteiger partial charge in [-0.15, -0.1) is 11.3 Å². The Balaban J connectivity index is 1.69. The van der Waals surface area contributed by atoms with E-state index in [1.807, 2.05) is 48.1 Å². The standard InChI is InChI=1S/C23H21N5S2/c1-15-14-18(16(2)27(15)23-25-12-13-30-23)21-20(19-10-6-7-11-24-19)26-22(29)28(21)17-8-4-3-5-9-17/h3-14,20-21H,1-2H3,(H,26,29). The maximum Gasteiger partial charge on any atom is 0.193 e. The van der Waals surface area contributed by atoms with Crippen molar-refractivity contribution in [2.45, 2.75) is 25.9 Å². The number of benzene rings is 1. The first kappa shape index (κ1) is 19.0. The Hall–Kier alpha value is -3.03. The molecule has 4 aromatic rings. The number of rotatable bonds is 4. The van der Waals surface area contributed by atoms with Gasteiger partial charge in [0, 0.05) is 34.8 Å². The van der Waals surface area contributed by atoms with Crippen LogP contribution in [0.3, 0.4) is 0 Å². The van der Waals surface area contributed by atoms with Crippen LogP contribution in [0, 0.1) is 13.8 Å². The molecule has 2 unspecified atom stereocenters. The van der Waals surface area contributed by atoms with E-state index in [1.165, 1.54) is 11.3 Å². The van der Waals surface area contributed by atoms with Crippen molar-refractivity contribution in [3.05, 3.63) is 95.0 Å². The third-order valence-corrected chi connectivity index (χ3v) is 6.60. The van der Waals surface area contributed by atoms with Crippen LogP contribution in [0.25, 0.3) is 5.13 Å². The fourth-order valence-corrected chi connectivity index (χ4v) is 5.34. The summed E-state index contributed by atoms with van der Waals surface area (Å²) in [6.45, 7) is 4.28. The molecule has 1 N–H and O–H groups in total. The van der Waals surface area contributed by atoms with Crippen molar-refractivity contribution in [1.29, 1.82) is 0 Å². The van der Waals surface area contributed by atoms with Crippen molar-refractivity contribution in [3.8, 4) is 5.13 Å². The number of aromatic nitrogens is 3. The highest BCUT2D eigenvalue weighted by molar-refractivity contribution is 7.80. The van der Waals surface area contributed by atoms with Gasteiger partial charge in [-0.2, -0.15) is 0 Å². The minimum atomic E-state index is -0.0517. The molecule has 30 heavy (non-hydrogen) atoms. The highest BCUT2D eigenvalue weighted by atomic mass is 32.1. The summed E-state index contributed by atoms with van der Waals surface area (Å²) in [4.78, 5) is 11.4. The minimum absolute atomic E-state index is 0.0188. The molecule has 0 amide bonds. The van der Waals surface area contributed by atoms with Gasteiger partial charge in [0.05, 0.1) is 17.8 Å². The summed E-state index contributed by atoms with van der Waals surface area (Å²) in [5.74, 6) is 0. The van der Waals surface area contributed by atoms with E-state index in [4.69, 9.17) is 12.2 Å². The van der Waals surface area contributed by atoms with Crippen molar-refractivity contribution < 1.29 is 0 Å². The predicted molar refractivity (Wildman–Crippen MR) is 125 cm³/mol. The fourth-order valence-electron chi connectivity index (χ4n) is 4.25. The maximum atomic E-state index is 5.81. The molecule has 0 aliphatic carbocycles. The van der Waals surface area contributed by atoms with Gasteiger partial charge in [0.25, 0.3) is 0 Å². The Morgan fingerprint density at radius 1 is 1.00 bits per heavy atom. The van der Waals surface area contributed by atoms with Crippen molar-refractivity contribution in [3.63, 3.8) is 0 Å². The number of thiazole rings is 1. The van der Waals surface area contributed by atoms with E-state index in [0.29, 0.717) is 5.11 Å². The molecule has 0 radical (unpaired) electrons. The Kier molecular flexibility index (Phi) is 4.84. The molecule has 5 nitrogen and oxygen atoms in total. The molecule has 4 heterocycles. The van der Waals surface area contributed by atoms with Gasteiger partial charge in [0.2, 0.25) is 0 Å². The molecule has 1 aliphatic rings. The number of aryl methyl sites for hydroxylation is 1. The van der Waals surface area contributed by atoms with E-state index in [9.17, 15) is 0 Å². The maximum absolute atomic E-state index is 5.81. The lowest BCUT2D eigenvalue weighted by molar-refractivity contribution is 0.565. The van der Waals surface area contributed by atoms with Crippen LogP contribution in [-0.4, -0.2) is 19.6 Å². The second-order valence-electron chi connectivity index (χ2n) is 7.31. The van der Waals surface area contributed by atoms with Crippen molar-refractivity contribution in [2.75, 3.05) is 4.90 Å². The summed E-state index contributed by atoms with van der Waals surface area (Å²) in [5.41, 5.74) is 5.58. The van der Waals surface area contributed by atoms with Crippen LogP contribution in [0.4, 0.5) is 5.69 Å². The quantitative estimate of drug-likeness (QED) is 0.454. The molecular formula is C23H21N5S2. The van der Waals surface area contributed by atoms with E-state index in [-0.39, 0.29) is 12.1 Å². The Morgan fingerprint density at radius 2 is 1.80 bits per heavy atom. The number of hydrogen-bond acceptors (Lipinski definition) is 4. The first-order chi connectivity index (χ1) is 14.6. The van der Waals surface area contributed by atoms with Crippen LogP contribution < -0.4 is 10.2 Å². The Bertz CT molecular complexity index is 1170. The lowest BCUT2D eigenvalue weighted by atomic mass is 9.96. The molecule has 0 bridgehead atoms. The topological polar surface area (TPSA) is 46.0 Å². The SMILES string of the molecule is Cc1cc(C2C(c3ccccn3)NC(=S)N2c2ccccc2)c(C)n1-c1nccs1. The average molecular weight is 432 g/mol. The van der Waals surface area contributed by atoms with Crippen LogP contribution in [0.2, 0.25) is 0 Å². The summed E-state index contributed by atoms with van der Waals surface area (Å²) in [6.07, 6.45) is 3.68. The number of nitrogens with one attached hydrogen (secondary N) is 1. The third kappa shape index (κ3) is 3.11. The molecule has 0 saturated carbocycles. The summed E-state index contributed by atoms with van der Waals surface area (Å²) in [7, 11) is 0. The van der Waals surface area contributed by atoms with E-state index in [2.05, 4.69) is 62.9 Å². The molecule has 5 rings (SSSR count). The zero-order valence-corrected chi connectivity index (χ0v) is 18.3. The largest absolute Gasteiger partial charge is 0.351 e. The van der Waals surface area contributed by atoms with Gasteiger partial charge in [-0.3, -0.25) is 9.55 Å². The highest BCUT2D eigenvalue weighted by Gasteiger charge is 2.42. The van der Waals surface area contributed by atoms with Gasteiger partial charge in [-0.25, -0.2) is 4.98 Å². The second kappa shape index (κ2) is 7.66. The normalized spacial score (nSPS) is 18.6. The second-order valence-corrected chi connectivity index (χ2v) is 8.57. The molecule has 1 aliphatic heterocycles. The first-order valence-electron chi connectivity index (χ1n) is 9.79. The molecule has 7 heteroatoms. The van der Waals surface area contributed by atoms with Gasteiger partial charge < -0.3 is 10.2 Å². The predicted octanol–water partition coefficient (Wildman–Crippen LogP) is 5.12. The number of para-hydroxylation sites is 1. The van der Waals surface area contributed by atoms with Crippen LogP contribution in [0.5, 0.6) is 0 Å². The number of nitrogens with zero attached hydrogens (tertiary/aromatic N) is 4. The van der Waals surface area contributed by atoms with E-state index in [1.54, 1.807) is 11.3 Å². The zero-order chi connectivity index (χ0) is 20.7. The summed E-state index contributed by atoms with van der Waals surface area (Å²) >= 11 is 7.45. The van der Waals surface area contributed by atoms with Gasteiger partial charge >= 0.3 is 0 Å². The van der Waals surface area contributed by atoms with Crippen molar-refractivity contribution in [2.24, 2.45) is 0 Å². The van der Waals surface area contributed by atoms with Crippen LogP contribution in [0.15, 0.2) is 72.4 Å². The molecule has 1 saturated heterocycles. The number of hydrogen-bond donors (Lipinski definition) is 1. The summed E-state index contributed by atoms with van der Waals surface area (Å²) in [6, 6.07) is 18.5. The van der Waals surface area contributed by atoms with Crippen molar-refractivity contribution >= 4 is 34.4 Å². The van der Waals surface area contributed by atoms with Crippen LogP contribution >= 0.6 is 23.6 Å². The first-order valence-corrected chi connectivity index (χ1v) is 11.1. The monoisotopic (exact) mass is 431 g/mol. The molecule has 150 valence electrons. The zero-order valence-electron chi connectivity index (χ0n) is 16.7. The molecule has 3 aromatic heterocycles. The number of pyridine rings is 1. The number of anilines is 1. The average Bonchev–Trinajstić information content (AvgIpc) is 3.47. The fraction of sp³-hybridized carbons (Fsp3) is 0.174. The van der Waals surface area contributed by atoms with E-state index < -0.39 is 0 Å². The number of thiocarbonyl (C=S) groups is 1. The summed E-state index contributed by atoms with van der Waals surface area (Å²) in [5, 5.41) is 7.22. The molecule has 1 fully saturated rings. The highest BCUT2D eigenvalue weighted by Crippen LogP contribution is 2.43. The smallest absolute Gasteiger partial charge is 0.193 e. The molecular weight excluding hydrogens is 410 g/mol. The van der Waals surface area contributed by atoms with E-state index >= 15 is 0 Å². The summed E-state index contributed by atoms with van der Waals surface area (Å²) < 4.78 is 2.22. The molecule has 0 spiro atoms. The molecule has 1 aromatic carbocycles. The van der Waals surface area contributed by atoms with Crippen molar-refractivity contribution in [1.82, 2.24) is 19.9 Å². The third-order valence-electron chi connectivity index (χ3n) is 5.53.